The largest absolute Gasteiger partial charge is 0.454 e. The standard InChI is InChI=1S/C22H18N2O7S/c1-23(18-7-3-2-4-8-18)32(29,30)20-9-5-6-17(14-20)22(26)31-15-21(25)16-10-12-19(13-11-16)24(27)28/h2-14H,15H2,1H3. The van der Waals surface area contributed by atoms with Crippen LogP contribution in [-0.4, -0.2) is 38.7 Å². The van der Waals surface area contributed by atoms with Gasteiger partial charge in [-0.05, 0) is 42.5 Å². The number of sulfonamides is 1. The number of nitrogens with zero attached hydrogens (tertiary/aromatic N) is 2. The molecule has 0 saturated carbocycles. The fourth-order valence-corrected chi connectivity index (χ4v) is 4.03. The van der Waals surface area contributed by atoms with Gasteiger partial charge in [0.15, 0.2) is 12.4 Å². The number of nitro benzene ring substituents is 1. The third kappa shape index (κ3) is 4.98. The Labute approximate surface area is 184 Å². The van der Waals surface area contributed by atoms with Crippen molar-refractivity contribution in [2.45, 2.75) is 4.90 Å². The second kappa shape index (κ2) is 9.40. The van der Waals surface area contributed by atoms with Crippen LogP contribution in [0.2, 0.25) is 0 Å². The van der Waals surface area contributed by atoms with Gasteiger partial charge in [0.2, 0.25) is 0 Å². The number of Topliss-reactive ketones (excluding diaryl/α,β-unsaturated/α-hetero) is 1. The second-order valence-electron chi connectivity index (χ2n) is 6.64. The minimum absolute atomic E-state index is 0.0379. The van der Waals surface area contributed by atoms with Crippen LogP contribution < -0.4 is 4.31 Å². The first-order valence-electron chi connectivity index (χ1n) is 9.29. The molecule has 3 aromatic carbocycles. The maximum Gasteiger partial charge on any atom is 0.338 e. The highest BCUT2D eigenvalue weighted by Gasteiger charge is 2.23. The van der Waals surface area contributed by atoms with Gasteiger partial charge in [0.05, 0.1) is 21.1 Å². The van der Waals surface area contributed by atoms with Gasteiger partial charge in [0.1, 0.15) is 0 Å². The summed E-state index contributed by atoms with van der Waals surface area (Å²) in [4.78, 5) is 34.5. The first-order chi connectivity index (χ1) is 15.2. The highest BCUT2D eigenvalue weighted by Crippen LogP contribution is 2.22. The summed E-state index contributed by atoms with van der Waals surface area (Å²) in [6.07, 6.45) is 0. The lowest BCUT2D eigenvalue weighted by molar-refractivity contribution is -0.384. The van der Waals surface area contributed by atoms with E-state index in [0.29, 0.717) is 5.69 Å². The molecule has 0 N–H and O–H groups in total. The number of non-ortho nitro benzene ring substituents is 1. The van der Waals surface area contributed by atoms with E-state index in [1.807, 2.05) is 0 Å². The molecule has 3 rings (SSSR count). The van der Waals surface area contributed by atoms with Gasteiger partial charge in [-0.15, -0.1) is 0 Å². The van der Waals surface area contributed by atoms with Crippen molar-refractivity contribution in [3.63, 3.8) is 0 Å². The van der Waals surface area contributed by atoms with Crippen LogP contribution in [0.1, 0.15) is 20.7 Å². The van der Waals surface area contributed by atoms with Gasteiger partial charge in [-0.3, -0.25) is 19.2 Å². The van der Waals surface area contributed by atoms with Crippen molar-refractivity contribution in [3.05, 3.63) is 100 Å². The molecule has 0 atom stereocenters. The van der Waals surface area contributed by atoms with Crippen LogP contribution in [0.3, 0.4) is 0 Å². The van der Waals surface area contributed by atoms with Crippen molar-refractivity contribution in [2.24, 2.45) is 0 Å². The maximum atomic E-state index is 12.9. The molecule has 0 aliphatic rings. The molecule has 164 valence electrons. The van der Waals surface area contributed by atoms with Crippen molar-refractivity contribution < 1.29 is 27.7 Å². The summed E-state index contributed by atoms with van der Waals surface area (Å²) < 4.78 is 31.9. The summed E-state index contributed by atoms with van der Waals surface area (Å²) in [6, 6.07) is 18.6. The van der Waals surface area contributed by atoms with Crippen molar-refractivity contribution >= 4 is 33.2 Å². The number of carbonyl (C=O) groups is 2. The Hall–Kier alpha value is -4.05. The molecule has 0 saturated heterocycles. The molecule has 10 heteroatoms. The average molecular weight is 454 g/mol. The molecule has 9 nitrogen and oxygen atoms in total. The molecule has 0 aliphatic heterocycles. The SMILES string of the molecule is CN(c1ccccc1)S(=O)(=O)c1cccc(C(=O)OCC(=O)c2ccc([N+](=O)[O-])cc2)c1. The molecular formula is C22H18N2O7S. The maximum absolute atomic E-state index is 12.9. The lowest BCUT2D eigenvalue weighted by Gasteiger charge is -2.19. The molecule has 0 amide bonds. The number of nitro groups is 1. The zero-order chi connectivity index (χ0) is 23.3. The van der Waals surface area contributed by atoms with E-state index in [4.69, 9.17) is 4.74 Å². The lowest BCUT2D eigenvalue weighted by atomic mass is 10.1. The second-order valence-corrected chi connectivity index (χ2v) is 8.61. The van der Waals surface area contributed by atoms with E-state index in [2.05, 4.69) is 0 Å². The number of ether oxygens (including phenoxy) is 1. The zero-order valence-electron chi connectivity index (χ0n) is 16.9. The van der Waals surface area contributed by atoms with Crippen molar-refractivity contribution in [1.29, 1.82) is 0 Å². The van der Waals surface area contributed by atoms with Crippen LogP contribution >= 0.6 is 0 Å². The van der Waals surface area contributed by atoms with E-state index in [-0.39, 0.29) is 21.7 Å². The molecule has 3 aromatic rings. The first kappa shape index (κ1) is 22.6. The Bertz CT molecular complexity index is 1260. The van der Waals surface area contributed by atoms with E-state index >= 15 is 0 Å². The third-order valence-electron chi connectivity index (χ3n) is 4.58. The molecular weight excluding hydrogens is 436 g/mol. The van der Waals surface area contributed by atoms with Gasteiger partial charge >= 0.3 is 5.97 Å². The number of para-hydroxylation sites is 1. The summed E-state index contributed by atoms with van der Waals surface area (Å²) in [7, 11) is -2.53. The molecule has 0 spiro atoms. The quantitative estimate of drug-likeness (QED) is 0.221. The lowest BCUT2D eigenvalue weighted by Crippen LogP contribution is -2.26. The first-order valence-corrected chi connectivity index (χ1v) is 10.7. The normalized spacial score (nSPS) is 10.9. The average Bonchev–Trinajstić information content (AvgIpc) is 2.82. The number of anilines is 1. The van der Waals surface area contributed by atoms with Crippen LogP contribution in [0.5, 0.6) is 0 Å². The number of rotatable bonds is 8. The molecule has 0 heterocycles. The van der Waals surface area contributed by atoms with Crippen LogP contribution in [0.15, 0.2) is 83.8 Å². The fourth-order valence-electron chi connectivity index (χ4n) is 2.79. The topological polar surface area (TPSA) is 124 Å². The molecule has 0 radical (unpaired) electrons. The number of hydrogen-bond acceptors (Lipinski definition) is 7. The van der Waals surface area contributed by atoms with Gasteiger partial charge in [-0.2, -0.15) is 0 Å². The Morgan fingerprint density at radius 3 is 2.22 bits per heavy atom. The fraction of sp³-hybridized carbons (Fsp3) is 0.0909. The molecule has 0 fully saturated rings. The molecule has 32 heavy (non-hydrogen) atoms. The Balaban J connectivity index is 1.71. The summed E-state index contributed by atoms with van der Waals surface area (Å²) >= 11 is 0. The molecule has 0 unspecified atom stereocenters. The van der Waals surface area contributed by atoms with Gasteiger partial charge in [0, 0.05) is 24.7 Å². The van der Waals surface area contributed by atoms with E-state index < -0.39 is 33.3 Å². The van der Waals surface area contributed by atoms with E-state index in [9.17, 15) is 28.1 Å². The van der Waals surface area contributed by atoms with Crippen molar-refractivity contribution in [2.75, 3.05) is 18.0 Å². The van der Waals surface area contributed by atoms with Gasteiger partial charge in [-0.25, -0.2) is 13.2 Å². The van der Waals surface area contributed by atoms with E-state index in [0.717, 1.165) is 4.31 Å². The summed E-state index contributed by atoms with van der Waals surface area (Å²) in [5.74, 6) is -1.43. The van der Waals surface area contributed by atoms with E-state index in [1.54, 1.807) is 30.3 Å². The summed E-state index contributed by atoms with van der Waals surface area (Å²) in [6.45, 7) is -0.600. The highest BCUT2D eigenvalue weighted by molar-refractivity contribution is 7.92. The number of ketones is 1. The Morgan fingerprint density at radius 2 is 1.59 bits per heavy atom. The number of benzene rings is 3. The van der Waals surface area contributed by atoms with Crippen LogP contribution in [0.4, 0.5) is 11.4 Å². The predicted octanol–water partition coefficient (Wildman–Crippen LogP) is 3.46. The highest BCUT2D eigenvalue weighted by atomic mass is 32.2. The third-order valence-corrected chi connectivity index (χ3v) is 6.36. The Kier molecular flexibility index (Phi) is 6.64. The number of hydrogen-bond donors (Lipinski definition) is 0. The summed E-state index contributed by atoms with van der Waals surface area (Å²) in [5.41, 5.74) is 0.388. The van der Waals surface area contributed by atoms with Crippen LogP contribution in [0.25, 0.3) is 0 Å². The van der Waals surface area contributed by atoms with Gasteiger partial charge in [0.25, 0.3) is 15.7 Å². The molecule has 0 aromatic heterocycles. The predicted molar refractivity (Wildman–Crippen MR) is 116 cm³/mol. The Morgan fingerprint density at radius 1 is 0.938 bits per heavy atom. The smallest absolute Gasteiger partial charge is 0.338 e. The summed E-state index contributed by atoms with van der Waals surface area (Å²) in [5, 5.41) is 10.7. The van der Waals surface area contributed by atoms with Crippen molar-refractivity contribution in [1.82, 2.24) is 0 Å². The van der Waals surface area contributed by atoms with Crippen LogP contribution in [0, 0.1) is 10.1 Å². The minimum Gasteiger partial charge on any atom is -0.454 e. The zero-order valence-corrected chi connectivity index (χ0v) is 17.7. The van der Waals surface area contributed by atoms with Crippen LogP contribution in [-0.2, 0) is 14.8 Å². The van der Waals surface area contributed by atoms with Gasteiger partial charge < -0.3 is 4.74 Å². The number of esters is 1. The molecule has 0 aliphatic carbocycles. The monoisotopic (exact) mass is 454 g/mol. The van der Waals surface area contributed by atoms with Crippen molar-refractivity contribution in [3.8, 4) is 0 Å². The van der Waals surface area contributed by atoms with Gasteiger partial charge in [-0.1, -0.05) is 24.3 Å². The molecule has 0 bridgehead atoms. The van der Waals surface area contributed by atoms with E-state index in [1.165, 1.54) is 55.6 Å². The minimum atomic E-state index is -3.93. The number of carbonyl (C=O) groups excluding carboxylic acids is 2.